The molecule has 31 heavy (non-hydrogen) atoms. The Labute approximate surface area is 186 Å². The SMILES string of the molecule is CC(C)(C)OC(=O)N1CCC(c2cnc(NC(=O)c3ccc(S(C)(=O)=O)cc3)s2)CC1. The lowest BCUT2D eigenvalue weighted by Crippen LogP contribution is -2.41. The number of nitrogens with one attached hydrogen (secondary N) is 1. The van der Waals surface area contributed by atoms with Crippen LogP contribution in [0.1, 0.15) is 54.8 Å². The van der Waals surface area contributed by atoms with E-state index in [0.29, 0.717) is 23.8 Å². The molecule has 3 rings (SSSR count). The van der Waals surface area contributed by atoms with Gasteiger partial charge >= 0.3 is 6.09 Å². The standard InChI is InChI=1S/C21H27N3O5S2/c1-21(2,3)29-20(26)24-11-9-14(10-12-24)17-13-22-19(30-17)23-18(25)15-5-7-16(8-6-15)31(4,27)28/h5-8,13-14H,9-12H2,1-4H3,(H,22,23,25). The van der Waals surface area contributed by atoms with Crippen LogP contribution >= 0.6 is 11.3 Å². The topological polar surface area (TPSA) is 106 Å². The van der Waals surface area contributed by atoms with Gasteiger partial charge in [0.05, 0.1) is 4.90 Å². The van der Waals surface area contributed by atoms with Gasteiger partial charge in [-0.3, -0.25) is 10.1 Å². The molecule has 1 fully saturated rings. The molecule has 2 aromatic rings. The highest BCUT2D eigenvalue weighted by atomic mass is 32.2. The molecule has 8 nitrogen and oxygen atoms in total. The maximum absolute atomic E-state index is 12.4. The van der Waals surface area contributed by atoms with Crippen LogP contribution < -0.4 is 5.32 Å². The smallest absolute Gasteiger partial charge is 0.410 e. The molecule has 1 aromatic heterocycles. The molecule has 168 valence electrons. The predicted molar refractivity (Wildman–Crippen MR) is 119 cm³/mol. The van der Waals surface area contributed by atoms with E-state index in [4.69, 9.17) is 4.74 Å². The summed E-state index contributed by atoms with van der Waals surface area (Å²) in [7, 11) is -3.31. The quantitative estimate of drug-likeness (QED) is 0.734. The van der Waals surface area contributed by atoms with Crippen molar-refractivity contribution < 1.29 is 22.7 Å². The van der Waals surface area contributed by atoms with E-state index in [0.717, 1.165) is 24.0 Å². The Bertz CT molecular complexity index is 1050. The summed E-state index contributed by atoms with van der Waals surface area (Å²) < 4.78 is 28.5. The van der Waals surface area contributed by atoms with Crippen LogP contribution in [0.5, 0.6) is 0 Å². The number of hydrogen-bond acceptors (Lipinski definition) is 7. The second kappa shape index (κ2) is 8.96. The number of carbonyl (C=O) groups is 2. The number of aromatic nitrogens is 1. The van der Waals surface area contributed by atoms with Crippen LogP contribution in [-0.4, -0.2) is 55.2 Å². The van der Waals surface area contributed by atoms with Crippen LogP contribution in [0.3, 0.4) is 0 Å². The number of sulfone groups is 1. The van der Waals surface area contributed by atoms with Crippen molar-refractivity contribution in [3.63, 3.8) is 0 Å². The van der Waals surface area contributed by atoms with Gasteiger partial charge < -0.3 is 9.64 Å². The van der Waals surface area contributed by atoms with E-state index < -0.39 is 15.4 Å². The van der Waals surface area contributed by atoms with Gasteiger partial charge in [-0.2, -0.15) is 0 Å². The molecule has 2 amide bonds. The summed E-state index contributed by atoms with van der Waals surface area (Å²) in [6, 6.07) is 5.78. The number of carbonyl (C=O) groups excluding carboxylic acids is 2. The van der Waals surface area contributed by atoms with Crippen LogP contribution in [0.15, 0.2) is 35.4 Å². The molecule has 0 atom stereocenters. The normalized spacial score (nSPS) is 15.5. The summed E-state index contributed by atoms with van der Waals surface area (Å²) in [5.41, 5.74) is -0.154. The molecule has 0 saturated carbocycles. The molecule has 1 saturated heterocycles. The van der Waals surface area contributed by atoms with E-state index in [2.05, 4.69) is 10.3 Å². The number of ether oxygens (including phenoxy) is 1. The van der Waals surface area contributed by atoms with Gasteiger partial charge in [0.15, 0.2) is 15.0 Å². The first-order valence-corrected chi connectivity index (χ1v) is 12.7. The molecule has 2 heterocycles. The number of amides is 2. The van der Waals surface area contributed by atoms with Gasteiger partial charge in [0.2, 0.25) is 0 Å². The second-order valence-corrected chi connectivity index (χ2v) is 11.6. The van der Waals surface area contributed by atoms with Crippen LogP contribution in [0.2, 0.25) is 0 Å². The summed E-state index contributed by atoms with van der Waals surface area (Å²) in [6.45, 7) is 6.79. The lowest BCUT2D eigenvalue weighted by molar-refractivity contribution is 0.0205. The number of thiazole rings is 1. The van der Waals surface area contributed by atoms with E-state index in [1.54, 1.807) is 11.1 Å². The minimum atomic E-state index is -3.31. The Balaban J connectivity index is 1.56. The third kappa shape index (κ3) is 6.27. The zero-order valence-corrected chi connectivity index (χ0v) is 19.7. The van der Waals surface area contributed by atoms with Crippen molar-refractivity contribution in [2.75, 3.05) is 24.7 Å². The Morgan fingerprint density at radius 2 is 1.77 bits per heavy atom. The number of likely N-dealkylation sites (tertiary alicyclic amines) is 1. The molecule has 1 aromatic carbocycles. The Kier molecular flexibility index (Phi) is 6.70. The molecule has 1 N–H and O–H groups in total. The summed E-state index contributed by atoms with van der Waals surface area (Å²) in [5.74, 6) is -0.0726. The zero-order valence-electron chi connectivity index (χ0n) is 18.0. The summed E-state index contributed by atoms with van der Waals surface area (Å²) in [6.07, 6.45) is 4.21. The van der Waals surface area contributed by atoms with Gasteiger partial charge in [-0.05, 0) is 63.8 Å². The first-order valence-electron chi connectivity index (χ1n) is 9.97. The fourth-order valence-corrected chi connectivity index (χ4v) is 4.84. The Morgan fingerprint density at radius 1 is 1.16 bits per heavy atom. The fourth-order valence-electron chi connectivity index (χ4n) is 3.23. The molecule has 10 heteroatoms. The lowest BCUT2D eigenvalue weighted by atomic mass is 9.96. The highest BCUT2D eigenvalue weighted by Gasteiger charge is 2.28. The lowest BCUT2D eigenvalue weighted by Gasteiger charge is -2.33. The summed E-state index contributed by atoms with van der Waals surface area (Å²) in [5, 5.41) is 3.25. The zero-order chi connectivity index (χ0) is 22.8. The number of hydrogen-bond donors (Lipinski definition) is 1. The minimum absolute atomic E-state index is 0.165. The third-order valence-corrected chi connectivity index (χ3v) is 7.04. The van der Waals surface area contributed by atoms with Crippen molar-refractivity contribution in [3.05, 3.63) is 40.9 Å². The van der Waals surface area contributed by atoms with E-state index in [1.807, 2.05) is 20.8 Å². The largest absolute Gasteiger partial charge is 0.444 e. The molecule has 0 aliphatic carbocycles. The van der Waals surface area contributed by atoms with Gasteiger partial charge in [0, 0.05) is 36.0 Å². The summed E-state index contributed by atoms with van der Waals surface area (Å²) in [4.78, 5) is 31.9. The van der Waals surface area contributed by atoms with Crippen molar-refractivity contribution in [2.45, 2.75) is 50.0 Å². The average Bonchev–Trinajstić information content (AvgIpc) is 3.14. The van der Waals surface area contributed by atoms with Gasteiger partial charge in [-0.1, -0.05) is 0 Å². The number of nitrogens with zero attached hydrogens (tertiary/aromatic N) is 2. The van der Waals surface area contributed by atoms with Gasteiger partial charge in [-0.15, -0.1) is 11.3 Å². The van der Waals surface area contributed by atoms with Crippen molar-refractivity contribution in [3.8, 4) is 0 Å². The van der Waals surface area contributed by atoms with E-state index >= 15 is 0 Å². The van der Waals surface area contributed by atoms with Crippen molar-refractivity contribution in [1.29, 1.82) is 0 Å². The maximum atomic E-state index is 12.4. The molecule has 1 aliphatic rings. The first kappa shape index (κ1) is 23.2. The van der Waals surface area contributed by atoms with Crippen LogP contribution in [0.4, 0.5) is 9.93 Å². The van der Waals surface area contributed by atoms with Crippen LogP contribution in [0.25, 0.3) is 0 Å². The van der Waals surface area contributed by atoms with Crippen molar-refractivity contribution in [1.82, 2.24) is 9.88 Å². The first-order chi connectivity index (χ1) is 14.4. The molecule has 1 aliphatic heterocycles. The fraction of sp³-hybridized carbons (Fsp3) is 0.476. The van der Waals surface area contributed by atoms with E-state index in [-0.39, 0.29) is 22.8 Å². The van der Waals surface area contributed by atoms with E-state index in [9.17, 15) is 18.0 Å². The number of rotatable bonds is 4. The predicted octanol–water partition coefficient (Wildman–Crippen LogP) is 3.91. The number of benzene rings is 1. The molecular weight excluding hydrogens is 438 g/mol. The third-order valence-electron chi connectivity index (χ3n) is 4.84. The monoisotopic (exact) mass is 465 g/mol. The highest BCUT2D eigenvalue weighted by molar-refractivity contribution is 7.90. The Hall–Kier alpha value is -2.46. The Morgan fingerprint density at radius 3 is 2.32 bits per heavy atom. The molecule has 0 bridgehead atoms. The van der Waals surface area contributed by atoms with Crippen LogP contribution in [0, 0.1) is 0 Å². The molecular formula is C21H27N3O5S2. The number of anilines is 1. The maximum Gasteiger partial charge on any atom is 0.410 e. The minimum Gasteiger partial charge on any atom is -0.444 e. The van der Waals surface area contributed by atoms with E-state index in [1.165, 1.54) is 35.6 Å². The highest BCUT2D eigenvalue weighted by Crippen LogP contribution is 2.34. The average molecular weight is 466 g/mol. The van der Waals surface area contributed by atoms with Crippen LogP contribution in [-0.2, 0) is 14.6 Å². The molecule has 0 unspecified atom stereocenters. The second-order valence-electron chi connectivity index (χ2n) is 8.56. The molecule has 0 spiro atoms. The van der Waals surface area contributed by atoms with Crippen molar-refractivity contribution >= 4 is 38.3 Å². The summed E-state index contributed by atoms with van der Waals surface area (Å²) >= 11 is 1.42. The number of piperidine rings is 1. The van der Waals surface area contributed by atoms with Gasteiger partial charge in [0.25, 0.3) is 5.91 Å². The van der Waals surface area contributed by atoms with Crippen molar-refractivity contribution in [2.24, 2.45) is 0 Å². The molecule has 0 radical (unpaired) electrons. The van der Waals surface area contributed by atoms with Gasteiger partial charge in [-0.25, -0.2) is 18.2 Å². The van der Waals surface area contributed by atoms with Gasteiger partial charge in [0.1, 0.15) is 5.60 Å².